The van der Waals surface area contributed by atoms with Crippen molar-refractivity contribution in [2.75, 3.05) is 5.32 Å². The molecule has 0 amide bonds. The van der Waals surface area contributed by atoms with Gasteiger partial charge in [-0.1, -0.05) is 24.3 Å². The van der Waals surface area contributed by atoms with Gasteiger partial charge in [0.25, 0.3) is 0 Å². The number of aliphatic hydroxyl groups is 1. The SMILES string of the molecule is OC(Nc1ccc(-c2cnc(-c3cccc(C(F)(F)F)c3)[nH]2)cc1)c1cscn1. The number of imidazole rings is 1. The molecular weight excluding hydrogens is 401 g/mol. The van der Waals surface area contributed by atoms with Gasteiger partial charge in [0.1, 0.15) is 11.5 Å². The lowest BCUT2D eigenvalue weighted by molar-refractivity contribution is -0.137. The van der Waals surface area contributed by atoms with E-state index < -0.39 is 18.0 Å². The molecular formula is C20H15F3N4OS. The molecule has 0 radical (unpaired) electrons. The second-order valence-electron chi connectivity index (χ2n) is 6.26. The average molecular weight is 416 g/mol. The number of thiazole rings is 1. The Morgan fingerprint density at radius 3 is 2.52 bits per heavy atom. The summed E-state index contributed by atoms with van der Waals surface area (Å²) in [7, 11) is 0. The molecule has 148 valence electrons. The monoisotopic (exact) mass is 416 g/mol. The van der Waals surface area contributed by atoms with Gasteiger partial charge in [-0.2, -0.15) is 13.2 Å². The van der Waals surface area contributed by atoms with E-state index in [4.69, 9.17) is 0 Å². The minimum Gasteiger partial charge on any atom is -0.368 e. The van der Waals surface area contributed by atoms with Gasteiger partial charge < -0.3 is 15.4 Å². The number of aromatic nitrogens is 3. The van der Waals surface area contributed by atoms with Gasteiger partial charge in [0.15, 0.2) is 6.23 Å². The maximum absolute atomic E-state index is 12.9. The first-order valence-corrected chi connectivity index (χ1v) is 9.50. The van der Waals surface area contributed by atoms with Crippen molar-refractivity contribution in [3.05, 3.63) is 76.9 Å². The Bertz CT molecular complexity index is 1090. The molecule has 0 spiro atoms. The average Bonchev–Trinajstić information content (AvgIpc) is 3.40. The summed E-state index contributed by atoms with van der Waals surface area (Å²) >= 11 is 1.40. The summed E-state index contributed by atoms with van der Waals surface area (Å²) in [6, 6.07) is 12.2. The van der Waals surface area contributed by atoms with Crippen LogP contribution < -0.4 is 5.32 Å². The maximum Gasteiger partial charge on any atom is 0.416 e. The highest BCUT2D eigenvalue weighted by Gasteiger charge is 2.30. The van der Waals surface area contributed by atoms with Crippen molar-refractivity contribution in [3.63, 3.8) is 0 Å². The summed E-state index contributed by atoms with van der Waals surface area (Å²) in [4.78, 5) is 11.3. The van der Waals surface area contributed by atoms with E-state index in [1.807, 2.05) is 12.1 Å². The summed E-state index contributed by atoms with van der Waals surface area (Å²) in [5.41, 5.74) is 4.00. The molecule has 0 bridgehead atoms. The predicted molar refractivity (Wildman–Crippen MR) is 105 cm³/mol. The van der Waals surface area contributed by atoms with Crippen LogP contribution in [0.5, 0.6) is 0 Å². The molecule has 3 N–H and O–H groups in total. The third kappa shape index (κ3) is 4.30. The van der Waals surface area contributed by atoms with Crippen LogP contribution in [0.3, 0.4) is 0 Å². The molecule has 2 heterocycles. The maximum atomic E-state index is 12.9. The largest absolute Gasteiger partial charge is 0.416 e. The van der Waals surface area contributed by atoms with Crippen molar-refractivity contribution in [2.45, 2.75) is 12.4 Å². The van der Waals surface area contributed by atoms with Gasteiger partial charge in [0.05, 0.1) is 23.0 Å². The van der Waals surface area contributed by atoms with Crippen LogP contribution in [0.15, 0.2) is 65.6 Å². The lowest BCUT2D eigenvalue weighted by Crippen LogP contribution is -2.09. The van der Waals surface area contributed by atoms with E-state index in [1.165, 1.54) is 17.4 Å². The van der Waals surface area contributed by atoms with Gasteiger partial charge in [0.2, 0.25) is 0 Å². The van der Waals surface area contributed by atoms with E-state index in [0.717, 1.165) is 17.7 Å². The summed E-state index contributed by atoms with van der Waals surface area (Å²) in [6.07, 6.45) is -3.74. The molecule has 9 heteroatoms. The van der Waals surface area contributed by atoms with Crippen LogP contribution in [0.4, 0.5) is 18.9 Å². The minimum atomic E-state index is -4.41. The highest BCUT2D eigenvalue weighted by atomic mass is 32.1. The highest BCUT2D eigenvalue weighted by Crippen LogP contribution is 2.32. The molecule has 0 saturated carbocycles. The topological polar surface area (TPSA) is 73.8 Å². The third-order valence-electron chi connectivity index (χ3n) is 4.27. The number of anilines is 1. The summed E-state index contributed by atoms with van der Waals surface area (Å²) in [6.45, 7) is 0. The molecule has 0 aliphatic heterocycles. The number of halogens is 3. The van der Waals surface area contributed by atoms with Gasteiger partial charge in [-0.15, -0.1) is 11.3 Å². The molecule has 1 unspecified atom stereocenters. The Balaban J connectivity index is 1.51. The van der Waals surface area contributed by atoms with Crippen LogP contribution in [0.25, 0.3) is 22.6 Å². The zero-order chi connectivity index (χ0) is 20.4. The normalized spacial score (nSPS) is 12.7. The summed E-state index contributed by atoms with van der Waals surface area (Å²) in [5.74, 6) is 0.354. The molecule has 2 aromatic carbocycles. The van der Waals surface area contributed by atoms with Gasteiger partial charge in [-0.25, -0.2) is 9.97 Å². The van der Waals surface area contributed by atoms with E-state index in [-0.39, 0.29) is 0 Å². The number of H-pyrrole nitrogens is 1. The number of aromatic amines is 1. The standard InChI is InChI=1S/C20H15F3N4OS/c21-20(22,23)14-3-1-2-13(8-14)18-24-9-16(27-18)12-4-6-15(7-5-12)26-19(28)17-10-29-11-25-17/h1-11,19,26,28H,(H,24,27). The van der Waals surface area contributed by atoms with Gasteiger partial charge in [-0.3, -0.25) is 0 Å². The fraction of sp³-hybridized carbons (Fsp3) is 0.100. The van der Waals surface area contributed by atoms with Crippen molar-refractivity contribution >= 4 is 17.0 Å². The van der Waals surface area contributed by atoms with Gasteiger partial charge in [-0.05, 0) is 29.8 Å². The Morgan fingerprint density at radius 1 is 1.03 bits per heavy atom. The second kappa shape index (κ2) is 7.69. The van der Waals surface area contributed by atoms with Crippen LogP contribution in [0.2, 0.25) is 0 Å². The zero-order valence-electron chi connectivity index (χ0n) is 14.8. The molecule has 0 aliphatic carbocycles. The fourth-order valence-electron chi connectivity index (χ4n) is 2.79. The van der Waals surface area contributed by atoms with Crippen LogP contribution >= 0.6 is 11.3 Å². The summed E-state index contributed by atoms with van der Waals surface area (Å²) in [5, 5.41) is 14.8. The Morgan fingerprint density at radius 2 is 1.83 bits per heavy atom. The number of rotatable bonds is 5. The second-order valence-corrected chi connectivity index (χ2v) is 6.98. The lowest BCUT2D eigenvalue weighted by atomic mass is 10.1. The molecule has 4 rings (SSSR count). The van der Waals surface area contributed by atoms with Gasteiger partial charge >= 0.3 is 6.18 Å². The van der Waals surface area contributed by atoms with Crippen molar-refractivity contribution in [3.8, 4) is 22.6 Å². The lowest BCUT2D eigenvalue weighted by Gasteiger charge is -2.12. The van der Waals surface area contributed by atoms with Crippen molar-refractivity contribution < 1.29 is 18.3 Å². The molecule has 0 aliphatic rings. The van der Waals surface area contributed by atoms with Crippen molar-refractivity contribution in [1.29, 1.82) is 0 Å². The molecule has 0 fully saturated rings. The number of nitrogens with one attached hydrogen (secondary N) is 2. The van der Waals surface area contributed by atoms with E-state index in [9.17, 15) is 18.3 Å². The first-order chi connectivity index (χ1) is 13.9. The number of benzene rings is 2. The van der Waals surface area contributed by atoms with E-state index in [2.05, 4.69) is 20.3 Å². The van der Waals surface area contributed by atoms with Crippen LogP contribution in [0.1, 0.15) is 17.5 Å². The Labute approximate surface area is 167 Å². The third-order valence-corrected chi connectivity index (χ3v) is 4.87. The molecule has 5 nitrogen and oxygen atoms in total. The number of hydrogen-bond donors (Lipinski definition) is 3. The zero-order valence-corrected chi connectivity index (χ0v) is 15.6. The van der Waals surface area contributed by atoms with Crippen molar-refractivity contribution in [2.24, 2.45) is 0 Å². The number of alkyl halides is 3. The fourth-order valence-corrected chi connectivity index (χ4v) is 3.36. The smallest absolute Gasteiger partial charge is 0.368 e. The highest BCUT2D eigenvalue weighted by molar-refractivity contribution is 7.07. The van der Waals surface area contributed by atoms with E-state index in [0.29, 0.717) is 28.5 Å². The van der Waals surface area contributed by atoms with Crippen LogP contribution in [0, 0.1) is 0 Å². The molecule has 29 heavy (non-hydrogen) atoms. The summed E-state index contributed by atoms with van der Waals surface area (Å²) < 4.78 is 38.7. The molecule has 1 atom stereocenters. The Kier molecular flexibility index (Phi) is 5.08. The predicted octanol–water partition coefficient (Wildman–Crippen LogP) is 5.32. The molecule has 4 aromatic rings. The quantitative estimate of drug-likeness (QED) is 0.385. The van der Waals surface area contributed by atoms with Crippen LogP contribution in [-0.2, 0) is 6.18 Å². The minimum absolute atomic E-state index is 0.354. The Hall–Kier alpha value is -3.17. The van der Waals surface area contributed by atoms with Crippen molar-refractivity contribution in [1.82, 2.24) is 15.0 Å². The van der Waals surface area contributed by atoms with E-state index in [1.54, 1.807) is 35.3 Å². The number of nitrogens with zero attached hydrogens (tertiary/aromatic N) is 2. The van der Waals surface area contributed by atoms with E-state index >= 15 is 0 Å². The number of aliphatic hydroxyl groups excluding tert-OH is 1. The molecule has 2 aromatic heterocycles. The first-order valence-electron chi connectivity index (χ1n) is 8.56. The van der Waals surface area contributed by atoms with Gasteiger partial charge in [0, 0.05) is 16.6 Å². The first kappa shape index (κ1) is 19.2. The molecule has 0 saturated heterocycles. The number of hydrogen-bond acceptors (Lipinski definition) is 5. The van der Waals surface area contributed by atoms with Crippen LogP contribution in [-0.4, -0.2) is 20.1 Å².